The average molecular weight is 310 g/mol. The van der Waals surface area contributed by atoms with Gasteiger partial charge in [-0.25, -0.2) is 4.98 Å². The zero-order chi connectivity index (χ0) is 15.5. The van der Waals surface area contributed by atoms with Crippen LogP contribution in [0.4, 0.5) is 19.0 Å². The minimum absolute atomic E-state index is 0.0463. The molecule has 1 amide bonds. The van der Waals surface area contributed by atoms with Crippen LogP contribution < -0.4 is 5.32 Å². The van der Waals surface area contributed by atoms with Gasteiger partial charge >= 0.3 is 6.18 Å². The van der Waals surface area contributed by atoms with E-state index >= 15 is 0 Å². The van der Waals surface area contributed by atoms with Crippen LogP contribution in [0.3, 0.4) is 0 Å². The second-order valence-corrected chi connectivity index (χ2v) is 4.68. The maximum absolute atomic E-state index is 12.5. The Balaban J connectivity index is 2.87. The molecular weight excluding hydrogens is 295 g/mol. The Hall–Kier alpha value is -1.50. The number of alkyl halides is 3. The van der Waals surface area contributed by atoms with Crippen molar-refractivity contribution in [2.24, 2.45) is 0 Å². The van der Waals surface area contributed by atoms with Gasteiger partial charge in [0.15, 0.2) is 0 Å². The van der Waals surface area contributed by atoms with E-state index in [1.807, 2.05) is 6.92 Å². The number of rotatable bonds is 4. The maximum Gasteiger partial charge on any atom is 0.417 e. The Bertz CT molecular complexity index is 493. The predicted molar refractivity (Wildman–Crippen MR) is 70.6 cm³/mol. The number of carbonyl (C=O) groups is 1. The number of hydrogen-bond donors (Lipinski definition) is 1. The number of pyridine rings is 1. The summed E-state index contributed by atoms with van der Waals surface area (Å²) >= 11 is 5.75. The number of amides is 1. The molecule has 112 valence electrons. The monoisotopic (exact) mass is 309 g/mol. The number of likely N-dealkylation sites (N-methyl/N-ethyl adjacent to an activating group) is 1. The molecule has 0 fully saturated rings. The molecule has 20 heavy (non-hydrogen) atoms. The van der Waals surface area contributed by atoms with Crippen LogP contribution in [0.25, 0.3) is 0 Å². The highest BCUT2D eigenvalue weighted by Gasteiger charge is 2.31. The van der Waals surface area contributed by atoms with E-state index in [0.29, 0.717) is 12.7 Å². The summed E-state index contributed by atoms with van der Waals surface area (Å²) < 4.78 is 37.4. The lowest BCUT2D eigenvalue weighted by Gasteiger charge is -2.21. The molecule has 0 saturated carbocycles. The molecular formula is C12H15ClF3N3O. The van der Waals surface area contributed by atoms with Crippen molar-refractivity contribution < 1.29 is 18.0 Å². The molecule has 0 bridgehead atoms. The molecule has 0 aromatic carbocycles. The van der Waals surface area contributed by atoms with E-state index in [0.717, 1.165) is 6.07 Å². The number of anilines is 1. The lowest BCUT2D eigenvalue weighted by molar-refractivity contribution is -0.137. The van der Waals surface area contributed by atoms with Crippen LogP contribution in [0.2, 0.25) is 5.02 Å². The number of nitrogens with zero attached hydrogens (tertiary/aromatic N) is 2. The summed E-state index contributed by atoms with van der Waals surface area (Å²) in [5, 5.41) is 2.52. The molecule has 1 N–H and O–H groups in total. The van der Waals surface area contributed by atoms with Crippen molar-refractivity contribution in [2.75, 3.05) is 18.9 Å². The summed E-state index contributed by atoms with van der Waals surface area (Å²) in [7, 11) is 1.63. The van der Waals surface area contributed by atoms with E-state index in [4.69, 9.17) is 11.6 Å². The number of aromatic nitrogens is 1. The van der Waals surface area contributed by atoms with E-state index in [-0.39, 0.29) is 16.7 Å². The zero-order valence-electron chi connectivity index (χ0n) is 11.3. The minimum Gasteiger partial charge on any atom is -0.357 e. The molecule has 4 nitrogen and oxygen atoms in total. The quantitative estimate of drug-likeness (QED) is 0.930. The zero-order valence-corrected chi connectivity index (χ0v) is 12.0. The molecule has 1 rings (SSSR count). The van der Waals surface area contributed by atoms with Crippen LogP contribution in [0.15, 0.2) is 12.3 Å². The summed E-state index contributed by atoms with van der Waals surface area (Å²) in [4.78, 5) is 16.9. The van der Waals surface area contributed by atoms with Crippen LogP contribution in [0, 0.1) is 0 Å². The third-order valence-corrected chi connectivity index (χ3v) is 3.03. The molecule has 1 aromatic heterocycles. The van der Waals surface area contributed by atoms with Crippen molar-refractivity contribution in [3.8, 4) is 0 Å². The molecule has 1 unspecified atom stereocenters. The van der Waals surface area contributed by atoms with Crippen LogP contribution in [0.5, 0.6) is 0 Å². The Labute approximate surface area is 119 Å². The molecule has 1 aromatic rings. The van der Waals surface area contributed by atoms with E-state index in [1.165, 1.54) is 4.90 Å². The van der Waals surface area contributed by atoms with Crippen molar-refractivity contribution in [3.05, 3.63) is 22.8 Å². The van der Waals surface area contributed by atoms with Crippen molar-refractivity contribution in [1.29, 1.82) is 0 Å². The fourth-order valence-electron chi connectivity index (χ4n) is 1.45. The van der Waals surface area contributed by atoms with Gasteiger partial charge in [0.1, 0.15) is 11.9 Å². The van der Waals surface area contributed by atoms with Crippen LogP contribution in [0.1, 0.15) is 19.4 Å². The summed E-state index contributed by atoms with van der Waals surface area (Å²) in [6.07, 6.45) is -3.83. The Kier molecular flexibility index (Phi) is 5.21. The van der Waals surface area contributed by atoms with Crippen LogP contribution in [-0.2, 0) is 11.0 Å². The van der Waals surface area contributed by atoms with Crippen LogP contribution >= 0.6 is 11.6 Å². The van der Waals surface area contributed by atoms with Crippen molar-refractivity contribution >= 4 is 23.3 Å². The minimum atomic E-state index is -4.50. The molecule has 1 heterocycles. The summed E-state index contributed by atoms with van der Waals surface area (Å²) in [5.41, 5.74) is -0.933. The first-order valence-electron chi connectivity index (χ1n) is 5.91. The first kappa shape index (κ1) is 16.6. The number of carbonyl (C=O) groups excluding carboxylic acids is 1. The number of hydrogen-bond acceptors (Lipinski definition) is 3. The maximum atomic E-state index is 12.5. The van der Waals surface area contributed by atoms with Gasteiger partial charge in [0.2, 0.25) is 5.91 Å². The van der Waals surface area contributed by atoms with Crippen molar-refractivity contribution in [1.82, 2.24) is 9.88 Å². The largest absolute Gasteiger partial charge is 0.417 e. The first-order valence-corrected chi connectivity index (χ1v) is 6.28. The van der Waals surface area contributed by atoms with Crippen LogP contribution in [-0.4, -0.2) is 35.4 Å². The molecule has 0 radical (unpaired) electrons. The topological polar surface area (TPSA) is 45.2 Å². The predicted octanol–water partition coefficient (Wildman–Crippen LogP) is 3.03. The molecule has 8 heteroatoms. The van der Waals surface area contributed by atoms with Crippen molar-refractivity contribution in [3.63, 3.8) is 0 Å². The lowest BCUT2D eigenvalue weighted by Crippen LogP contribution is -2.39. The third-order valence-electron chi connectivity index (χ3n) is 2.74. The highest BCUT2D eigenvalue weighted by molar-refractivity contribution is 6.33. The van der Waals surface area contributed by atoms with Gasteiger partial charge in [0.25, 0.3) is 0 Å². The van der Waals surface area contributed by atoms with E-state index in [9.17, 15) is 18.0 Å². The smallest absolute Gasteiger partial charge is 0.357 e. The second-order valence-electron chi connectivity index (χ2n) is 4.27. The van der Waals surface area contributed by atoms with Gasteiger partial charge in [-0.3, -0.25) is 4.79 Å². The Morgan fingerprint density at radius 2 is 2.15 bits per heavy atom. The van der Waals surface area contributed by atoms with E-state index in [1.54, 1.807) is 14.0 Å². The average Bonchev–Trinajstić information content (AvgIpc) is 2.37. The Morgan fingerprint density at radius 1 is 1.55 bits per heavy atom. The summed E-state index contributed by atoms with van der Waals surface area (Å²) in [5.74, 6) is -0.157. The first-order chi connectivity index (χ1) is 9.16. The van der Waals surface area contributed by atoms with Crippen molar-refractivity contribution in [2.45, 2.75) is 26.1 Å². The number of nitrogens with one attached hydrogen (secondary N) is 1. The molecule has 0 aliphatic rings. The molecule has 0 aliphatic heterocycles. The fraction of sp³-hybridized carbons (Fsp3) is 0.500. The summed E-state index contributed by atoms with van der Waals surface area (Å²) in [6.45, 7) is 3.93. The van der Waals surface area contributed by atoms with Gasteiger partial charge in [0.05, 0.1) is 10.6 Å². The van der Waals surface area contributed by atoms with Gasteiger partial charge < -0.3 is 10.2 Å². The summed E-state index contributed by atoms with van der Waals surface area (Å²) in [6, 6.07) is 0.138. The van der Waals surface area contributed by atoms with Gasteiger partial charge in [-0.2, -0.15) is 13.2 Å². The third kappa shape index (κ3) is 4.00. The molecule has 0 aliphatic carbocycles. The second kappa shape index (κ2) is 6.30. The lowest BCUT2D eigenvalue weighted by atomic mass is 10.2. The fourth-order valence-corrected chi connectivity index (χ4v) is 1.67. The molecule has 0 saturated heterocycles. The number of halogens is 4. The SMILES string of the molecule is CCN(C)C(=O)C(C)Nc1ncc(C(F)(F)F)cc1Cl. The highest BCUT2D eigenvalue weighted by atomic mass is 35.5. The standard InChI is InChI=1S/C12H15ClF3N3O/c1-4-19(3)11(20)7(2)18-10-9(13)5-8(6-17-10)12(14,15)16/h5-7H,4H2,1-3H3,(H,17,18). The van der Waals surface area contributed by atoms with Gasteiger partial charge in [-0.05, 0) is 19.9 Å². The molecule has 1 atom stereocenters. The Morgan fingerprint density at radius 3 is 2.60 bits per heavy atom. The van der Waals surface area contributed by atoms with Gasteiger partial charge in [0, 0.05) is 19.8 Å². The van der Waals surface area contributed by atoms with Gasteiger partial charge in [-0.1, -0.05) is 11.6 Å². The van der Waals surface area contributed by atoms with E-state index < -0.39 is 17.8 Å². The van der Waals surface area contributed by atoms with E-state index in [2.05, 4.69) is 10.3 Å². The normalized spacial score (nSPS) is 12.9. The highest BCUT2D eigenvalue weighted by Crippen LogP contribution is 2.32. The molecule has 0 spiro atoms. The van der Waals surface area contributed by atoms with Gasteiger partial charge in [-0.15, -0.1) is 0 Å².